The van der Waals surface area contributed by atoms with Crippen LogP contribution >= 0.6 is 0 Å². The summed E-state index contributed by atoms with van der Waals surface area (Å²) in [4.78, 5) is 90.2. The average Bonchev–Trinajstić information content (AvgIpc) is 3.83. The lowest BCUT2D eigenvalue weighted by molar-refractivity contribution is -0.136. The first-order chi connectivity index (χ1) is 31.5. The number of piperidine rings is 2. The van der Waals surface area contributed by atoms with Crippen molar-refractivity contribution in [1.82, 2.24) is 45.1 Å². The van der Waals surface area contributed by atoms with Crippen LogP contribution in [0.5, 0.6) is 11.5 Å². The van der Waals surface area contributed by atoms with Gasteiger partial charge in [-0.1, -0.05) is 24.3 Å². The average molecular weight is 886 g/mol. The molecule has 0 aliphatic carbocycles. The molecule has 0 saturated carbocycles. The molecule has 0 spiro atoms. The van der Waals surface area contributed by atoms with Crippen LogP contribution in [0.25, 0.3) is 22.3 Å². The van der Waals surface area contributed by atoms with Gasteiger partial charge in [0.05, 0.1) is 42.3 Å². The zero-order valence-electron chi connectivity index (χ0n) is 36.0. The summed E-state index contributed by atoms with van der Waals surface area (Å²) in [6.45, 7) is 3.35. The minimum Gasteiger partial charge on any atom is -0.457 e. The van der Waals surface area contributed by atoms with Gasteiger partial charge in [-0.05, 0) is 87.8 Å². The Balaban J connectivity index is 0.738. The van der Waals surface area contributed by atoms with E-state index >= 15 is 0 Å². The lowest BCUT2D eigenvalue weighted by Gasteiger charge is -2.33. The third kappa shape index (κ3) is 10.1. The molecular weight excluding hydrogens is 835 g/mol. The molecule has 19 nitrogen and oxygen atoms in total. The molecule has 65 heavy (non-hydrogen) atoms. The highest BCUT2D eigenvalue weighted by Gasteiger charge is 2.45. The quantitative estimate of drug-likeness (QED) is 0.0730. The zero-order chi connectivity index (χ0) is 45.5. The summed E-state index contributed by atoms with van der Waals surface area (Å²) in [6, 6.07) is 20.7. The minimum atomic E-state index is -1.08. The fraction of sp³-hybridized carbons (Fsp3) is 0.370. The summed E-state index contributed by atoms with van der Waals surface area (Å²) in [7, 11) is 1.97. The van der Waals surface area contributed by atoms with Gasteiger partial charge < -0.3 is 35.6 Å². The fourth-order valence-electron chi connectivity index (χ4n) is 8.39. The molecule has 3 aliphatic heterocycles. The second-order valence-electron chi connectivity index (χ2n) is 16.2. The number of nitrogens with two attached hydrogens (primary N) is 1. The number of nitrogens with zero attached hydrogens (tertiary/aromatic N) is 7. The smallest absolute Gasteiger partial charge is 0.264 e. The number of likely N-dealkylation sites (tertiary alicyclic amines) is 1. The number of nitrogens with one attached hydrogen (secondary N) is 3. The second kappa shape index (κ2) is 20.1. The number of para-hydroxylation sites is 1. The van der Waals surface area contributed by atoms with Crippen LogP contribution < -0.4 is 26.4 Å². The Kier molecular flexibility index (Phi) is 13.7. The topological polar surface area (TPSA) is 236 Å². The summed E-state index contributed by atoms with van der Waals surface area (Å²) in [5, 5.41) is 13.6. The molecule has 1 unspecified atom stereocenters. The third-order valence-corrected chi connectivity index (χ3v) is 11.7. The van der Waals surface area contributed by atoms with Crippen molar-refractivity contribution >= 4 is 58.0 Å². The molecule has 8 rings (SSSR count). The van der Waals surface area contributed by atoms with Gasteiger partial charge in [0.1, 0.15) is 35.4 Å². The molecule has 338 valence electrons. The van der Waals surface area contributed by atoms with Gasteiger partial charge in [0, 0.05) is 50.3 Å². The molecule has 2 atom stereocenters. The molecule has 3 aliphatic rings. The Hall–Kier alpha value is -7.25. The standard InChI is InChI=1S/C46H51N11O8/c1-54(23-25-64-24-20-48-37(59)26-49-34-12-5-11-33-39(34)46(63)56(45(33)62)35-18-19-36(58)52-44(35)61)21-7-13-38(60)55-22-6-8-30(27-55)57-43-40(42(47)50-28-51-43)41(53-57)29-14-16-32(17-15-29)65-31-9-3-2-4-10-31/h2-5,9-12,14-17,28,30,35,49H,6-8,13,18-27H2,1H3,(H,48,59)(H2,47,50,51)(H,52,58,61)/t30-,35?/m1/s1. The lowest BCUT2D eigenvalue weighted by Crippen LogP contribution is -2.54. The van der Waals surface area contributed by atoms with E-state index in [0.717, 1.165) is 29.1 Å². The molecule has 5 aromatic rings. The number of imide groups is 2. The molecule has 2 saturated heterocycles. The summed E-state index contributed by atoms with van der Waals surface area (Å²) in [5.74, 6) is -0.895. The van der Waals surface area contributed by atoms with Crippen LogP contribution in [0.15, 0.2) is 79.1 Å². The van der Waals surface area contributed by atoms with Gasteiger partial charge in [-0.3, -0.25) is 39.0 Å². The SMILES string of the molecule is CN(CCCC(=O)N1CCC[C@@H](n2nc(-c3ccc(Oc4ccccc4)cc3)c3c(N)ncnc32)C1)CCOCCNC(=O)CNc1cccc2c1C(=O)N(C1CCC(=O)NC1=O)C2=O. The van der Waals surface area contributed by atoms with Gasteiger partial charge in [0.25, 0.3) is 11.8 Å². The summed E-state index contributed by atoms with van der Waals surface area (Å²) in [6.07, 6.45) is 4.27. The molecule has 6 amide bonds. The van der Waals surface area contributed by atoms with Crippen molar-refractivity contribution in [2.45, 2.75) is 50.6 Å². The molecule has 19 heteroatoms. The van der Waals surface area contributed by atoms with Crippen LogP contribution in [-0.4, -0.2) is 135 Å². The fourth-order valence-corrected chi connectivity index (χ4v) is 8.39. The van der Waals surface area contributed by atoms with Crippen LogP contribution in [0.3, 0.4) is 0 Å². The number of hydrogen-bond donors (Lipinski definition) is 4. The predicted molar refractivity (Wildman–Crippen MR) is 239 cm³/mol. The Labute approximate surface area is 374 Å². The molecule has 0 radical (unpaired) electrons. The Morgan fingerprint density at radius 1 is 0.923 bits per heavy atom. The lowest BCUT2D eigenvalue weighted by atomic mass is 10.0. The van der Waals surface area contributed by atoms with Crippen molar-refractivity contribution in [2.24, 2.45) is 0 Å². The van der Waals surface area contributed by atoms with E-state index in [2.05, 4.69) is 30.8 Å². The first-order valence-corrected chi connectivity index (χ1v) is 21.8. The first kappa shape index (κ1) is 44.4. The number of benzene rings is 3. The molecule has 0 bridgehead atoms. The maximum absolute atomic E-state index is 13.5. The second-order valence-corrected chi connectivity index (χ2v) is 16.2. The van der Waals surface area contributed by atoms with Crippen LogP contribution in [0.2, 0.25) is 0 Å². The van der Waals surface area contributed by atoms with E-state index in [1.807, 2.05) is 71.2 Å². The Morgan fingerprint density at radius 3 is 2.52 bits per heavy atom. The number of ether oxygens (including phenoxy) is 2. The predicted octanol–water partition coefficient (Wildman–Crippen LogP) is 3.39. The minimum absolute atomic E-state index is 0.0204. The van der Waals surface area contributed by atoms with E-state index < -0.39 is 29.7 Å². The third-order valence-electron chi connectivity index (χ3n) is 11.7. The summed E-state index contributed by atoms with van der Waals surface area (Å²) in [5.41, 5.74) is 9.05. The van der Waals surface area contributed by atoms with Crippen LogP contribution in [0.1, 0.15) is 65.3 Å². The van der Waals surface area contributed by atoms with E-state index in [-0.39, 0.29) is 61.5 Å². The monoisotopic (exact) mass is 885 g/mol. The maximum Gasteiger partial charge on any atom is 0.264 e. The van der Waals surface area contributed by atoms with Crippen molar-refractivity contribution in [3.8, 4) is 22.8 Å². The number of amides is 6. The molecule has 5 heterocycles. The number of likely N-dealkylation sites (N-methyl/N-ethyl adjacent to an activating group) is 1. The van der Waals surface area contributed by atoms with E-state index in [4.69, 9.17) is 20.3 Å². The first-order valence-electron chi connectivity index (χ1n) is 21.8. The van der Waals surface area contributed by atoms with E-state index in [1.165, 1.54) is 12.4 Å². The number of aromatic nitrogens is 4. The van der Waals surface area contributed by atoms with Gasteiger partial charge in [0.2, 0.25) is 23.6 Å². The highest BCUT2D eigenvalue weighted by Crippen LogP contribution is 2.36. The van der Waals surface area contributed by atoms with Gasteiger partial charge in [-0.25, -0.2) is 14.6 Å². The van der Waals surface area contributed by atoms with Crippen LogP contribution in [0, 0.1) is 0 Å². The zero-order valence-corrected chi connectivity index (χ0v) is 36.0. The van der Waals surface area contributed by atoms with Gasteiger partial charge in [0.15, 0.2) is 5.65 Å². The molecule has 2 aromatic heterocycles. The normalized spacial score (nSPS) is 17.4. The van der Waals surface area contributed by atoms with Crippen molar-refractivity contribution in [3.63, 3.8) is 0 Å². The Bertz CT molecular complexity index is 2590. The van der Waals surface area contributed by atoms with Crippen molar-refractivity contribution in [1.29, 1.82) is 0 Å². The van der Waals surface area contributed by atoms with E-state index in [1.54, 1.807) is 12.1 Å². The molecule has 3 aromatic carbocycles. The van der Waals surface area contributed by atoms with E-state index in [0.29, 0.717) is 79.6 Å². The number of nitrogen functional groups attached to an aromatic ring is 1. The van der Waals surface area contributed by atoms with E-state index in [9.17, 15) is 28.8 Å². The molecule has 2 fully saturated rings. The largest absolute Gasteiger partial charge is 0.457 e. The number of anilines is 2. The summed E-state index contributed by atoms with van der Waals surface area (Å²) >= 11 is 0. The number of rotatable bonds is 18. The van der Waals surface area contributed by atoms with Crippen molar-refractivity contribution < 1.29 is 38.2 Å². The summed E-state index contributed by atoms with van der Waals surface area (Å²) < 4.78 is 13.6. The Morgan fingerprint density at radius 2 is 1.72 bits per heavy atom. The van der Waals surface area contributed by atoms with Crippen molar-refractivity contribution in [2.75, 3.05) is 70.6 Å². The van der Waals surface area contributed by atoms with Gasteiger partial charge >= 0.3 is 0 Å². The van der Waals surface area contributed by atoms with Crippen molar-refractivity contribution in [3.05, 3.63) is 90.3 Å². The maximum atomic E-state index is 13.5. The van der Waals surface area contributed by atoms with Crippen LogP contribution in [0.4, 0.5) is 11.5 Å². The highest BCUT2D eigenvalue weighted by atomic mass is 16.5. The number of hydrogen-bond acceptors (Lipinski definition) is 14. The molecular formula is C46H51N11O8. The van der Waals surface area contributed by atoms with Gasteiger partial charge in [-0.2, -0.15) is 5.10 Å². The van der Waals surface area contributed by atoms with Gasteiger partial charge in [-0.15, -0.1) is 0 Å². The number of fused-ring (bicyclic) bond motifs is 2. The van der Waals surface area contributed by atoms with Crippen LogP contribution in [-0.2, 0) is 23.9 Å². The highest BCUT2D eigenvalue weighted by molar-refractivity contribution is 6.25. The number of carbonyl (C=O) groups is 6. The molecule has 5 N–H and O–H groups in total. The number of carbonyl (C=O) groups excluding carboxylic acids is 6.